The normalized spacial score (nSPS) is 11.5. The van der Waals surface area contributed by atoms with Gasteiger partial charge in [-0.05, 0) is 30.4 Å². The zero-order chi connectivity index (χ0) is 16.2. The summed E-state index contributed by atoms with van der Waals surface area (Å²) in [6.45, 7) is 0. The van der Waals surface area contributed by atoms with Crippen LogP contribution < -0.4 is 4.74 Å². The fourth-order valence-corrected chi connectivity index (χ4v) is 2.64. The molecule has 0 aromatic heterocycles. The number of ketones is 1. The number of carbonyl (C=O) groups excluding carboxylic acids is 1. The lowest BCUT2D eigenvalue weighted by atomic mass is 10.1. The van der Waals surface area contributed by atoms with Crippen molar-refractivity contribution in [2.75, 3.05) is 7.11 Å². The molecular formula is C16H13ClO4S. The summed E-state index contributed by atoms with van der Waals surface area (Å²) in [5.74, 6) is 0.253. The number of benzene rings is 2. The van der Waals surface area contributed by atoms with Crippen LogP contribution in [0.15, 0.2) is 59.5 Å². The van der Waals surface area contributed by atoms with Crippen molar-refractivity contribution in [1.29, 1.82) is 0 Å². The molecule has 0 bridgehead atoms. The highest BCUT2D eigenvalue weighted by molar-refractivity contribution is 8.13. The molecule has 2 aromatic carbocycles. The van der Waals surface area contributed by atoms with Crippen LogP contribution in [0.2, 0.25) is 0 Å². The fraction of sp³-hybridized carbons (Fsp3) is 0.0625. The summed E-state index contributed by atoms with van der Waals surface area (Å²) in [5.41, 5.74) is 0.993. The van der Waals surface area contributed by atoms with E-state index in [0.29, 0.717) is 16.9 Å². The van der Waals surface area contributed by atoms with E-state index in [1.54, 1.807) is 24.3 Å². The molecule has 0 saturated carbocycles. The molecule has 0 fully saturated rings. The van der Waals surface area contributed by atoms with Crippen LogP contribution in [-0.4, -0.2) is 21.3 Å². The maximum Gasteiger partial charge on any atom is 0.261 e. The van der Waals surface area contributed by atoms with Crippen molar-refractivity contribution in [2.45, 2.75) is 4.90 Å². The van der Waals surface area contributed by atoms with Gasteiger partial charge in [0.25, 0.3) is 9.05 Å². The molecule has 0 atom stereocenters. The summed E-state index contributed by atoms with van der Waals surface area (Å²) in [6.07, 6.45) is 2.86. The number of carbonyl (C=O) groups is 1. The van der Waals surface area contributed by atoms with Crippen LogP contribution >= 0.6 is 10.7 Å². The van der Waals surface area contributed by atoms with E-state index >= 15 is 0 Å². The van der Waals surface area contributed by atoms with Gasteiger partial charge in [0.05, 0.1) is 12.0 Å². The Labute approximate surface area is 133 Å². The first kappa shape index (κ1) is 16.3. The predicted octanol–water partition coefficient (Wildman–Crippen LogP) is 3.52. The maximum atomic E-state index is 12.0. The Hall–Kier alpha value is -2.11. The third kappa shape index (κ3) is 3.96. The summed E-state index contributed by atoms with van der Waals surface area (Å²) in [7, 11) is 2.94. The van der Waals surface area contributed by atoms with Crippen molar-refractivity contribution in [3.8, 4) is 5.75 Å². The standard InChI is InChI=1S/C16H13ClO4S/c1-21-16-10-8-14(22(17,19)20)11-13(16)7-9-15(18)12-5-3-2-4-6-12/h2-11H,1H3. The van der Waals surface area contributed by atoms with Crippen molar-refractivity contribution in [1.82, 2.24) is 0 Å². The lowest BCUT2D eigenvalue weighted by Crippen LogP contribution is -1.95. The van der Waals surface area contributed by atoms with Gasteiger partial charge in [-0.1, -0.05) is 30.3 Å². The topological polar surface area (TPSA) is 60.4 Å². The van der Waals surface area contributed by atoms with E-state index in [-0.39, 0.29) is 10.7 Å². The van der Waals surface area contributed by atoms with Gasteiger partial charge in [0.1, 0.15) is 5.75 Å². The van der Waals surface area contributed by atoms with E-state index in [2.05, 4.69) is 0 Å². The van der Waals surface area contributed by atoms with Gasteiger partial charge in [-0.15, -0.1) is 0 Å². The molecule has 0 aliphatic carbocycles. The molecular weight excluding hydrogens is 324 g/mol. The summed E-state index contributed by atoms with van der Waals surface area (Å²) < 4.78 is 27.9. The Morgan fingerprint density at radius 3 is 2.41 bits per heavy atom. The second kappa shape index (κ2) is 6.77. The number of rotatable bonds is 5. The second-order valence-electron chi connectivity index (χ2n) is 4.41. The van der Waals surface area contributed by atoms with E-state index in [4.69, 9.17) is 15.4 Å². The molecule has 0 radical (unpaired) electrons. The molecule has 6 heteroatoms. The van der Waals surface area contributed by atoms with Crippen LogP contribution in [0.25, 0.3) is 6.08 Å². The first-order chi connectivity index (χ1) is 10.4. The summed E-state index contributed by atoms with van der Waals surface area (Å²) in [5, 5.41) is 0. The number of hydrogen-bond donors (Lipinski definition) is 0. The number of hydrogen-bond acceptors (Lipinski definition) is 4. The molecule has 114 valence electrons. The largest absolute Gasteiger partial charge is 0.496 e. The Morgan fingerprint density at radius 1 is 1.14 bits per heavy atom. The Balaban J connectivity index is 2.35. The molecule has 22 heavy (non-hydrogen) atoms. The number of allylic oxidation sites excluding steroid dienone is 1. The minimum Gasteiger partial charge on any atom is -0.496 e. The van der Waals surface area contributed by atoms with Gasteiger partial charge in [0.15, 0.2) is 5.78 Å². The van der Waals surface area contributed by atoms with E-state index in [0.717, 1.165) is 0 Å². The highest BCUT2D eigenvalue weighted by atomic mass is 35.7. The van der Waals surface area contributed by atoms with Crippen LogP contribution in [0.4, 0.5) is 0 Å². The third-order valence-electron chi connectivity index (χ3n) is 2.96. The first-order valence-corrected chi connectivity index (χ1v) is 8.63. The monoisotopic (exact) mass is 336 g/mol. The van der Waals surface area contributed by atoms with Crippen molar-refractivity contribution in [3.63, 3.8) is 0 Å². The molecule has 2 aromatic rings. The fourth-order valence-electron chi connectivity index (χ4n) is 1.86. The Bertz CT molecular complexity index is 811. The molecule has 0 N–H and O–H groups in total. The summed E-state index contributed by atoms with van der Waals surface area (Å²) in [4.78, 5) is 12.0. The van der Waals surface area contributed by atoms with E-state index in [1.807, 2.05) is 6.07 Å². The molecule has 0 aliphatic heterocycles. The molecule has 4 nitrogen and oxygen atoms in total. The van der Waals surface area contributed by atoms with Gasteiger partial charge in [-0.2, -0.15) is 0 Å². The summed E-state index contributed by atoms with van der Waals surface area (Å²) >= 11 is 0. The average Bonchev–Trinajstić information content (AvgIpc) is 2.52. The van der Waals surface area contributed by atoms with Crippen molar-refractivity contribution >= 4 is 31.6 Å². The van der Waals surface area contributed by atoms with Crippen LogP contribution in [0.1, 0.15) is 15.9 Å². The van der Waals surface area contributed by atoms with Crippen LogP contribution in [0, 0.1) is 0 Å². The SMILES string of the molecule is COc1ccc(S(=O)(=O)Cl)cc1C=CC(=O)c1ccccc1. The quantitative estimate of drug-likeness (QED) is 0.476. The molecule has 0 amide bonds. The summed E-state index contributed by atoms with van der Waals surface area (Å²) in [6, 6.07) is 12.9. The number of halogens is 1. The lowest BCUT2D eigenvalue weighted by Gasteiger charge is -2.06. The van der Waals surface area contributed by atoms with Gasteiger partial charge in [0.2, 0.25) is 0 Å². The molecule has 0 heterocycles. The molecule has 2 rings (SSSR count). The van der Waals surface area contributed by atoms with Gasteiger partial charge < -0.3 is 4.74 Å². The Morgan fingerprint density at radius 2 is 1.82 bits per heavy atom. The highest BCUT2D eigenvalue weighted by Crippen LogP contribution is 2.25. The third-order valence-corrected chi connectivity index (χ3v) is 4.31. The van der Waals surface area contributed by atoms with Gasteiger partial charge in [0, 0.05) is 21.8 Å². The van der Waals surface area contributed by atoms with Crippen LogP contribution in [0.3, 0.4) is 0 Å². The minimum atomic E-state index is -3.84. The van der Waals surface area contributed by atoms with Gasteiger partial charge in [-0.25, -0.2) is 8.42 Å². The van der Waals surface area contributed by atoms with E-state index < -0.39 is 9.05 Å². The molecule has 0 unspecified atom stereocenters. The molecule has 0 saturated heterocycles. The highest BCUT2D eigenvalue weighted by Gasteiger charge is 2.12. The van der Waals surface area contributed by atoms with Crippen molar-refractivity contribution in [3.05, 3.63) is 65.7 Å². The van der Waals surface area contributed by atoms with Gasteiger partial charge >= 0.3 is 0 Å². The predicted molar refractivity (Wildman–Crippen MR) is 85.8 cm³/mol. The first-order valence-electron chi connectivity index (χ1n) is 6.32. The number of ether oxygens (including phenoxy) is 1. The number of methoxy groups -OCH3 is 1. The average molecular weight is 337 g/mol. The van der Waals surface area contributed by atoms with E-state index in [9.17, 15) is 13.2 Å². The Kier molecular flexibility index (Phi) is 5.00. The van der Waals surface area contributed by atoms with Crippen LogP contribution in [-0.2, 0) is 9.05 Å². The smallest absolute Gasteiger partial charge is 0.261 e. The lowest BCUT2D eigenvalue weighted by molar-refractivity contribution is 0.104. The van der Waals surface area contributed by atoms with Crippen molar-refractivity contribution < 1.29 is 17.9 Å². The minimum absolute atomic E-state index is 0.0539. The molecule has 0 spiro atoms. The van der Waals surface area contributed by atoms with Crippen LogP contribution in [0.5, 0.6) is 5.75 Å². The van der Waals surface area contributed by atoms with Crippen molar-refractivity contribution in [2.24, 2.45) is 0 Å². The molecule has 0 aliphatic rings. The maximum absolute atomic E-state index is 12.0. The van der Waals surface area contributed by atoms with Gasteiger partial charge in [-0.3, -0.25) is 4.79 Å². The zero-order valence-corrected chi connectivity index (χ0v) is 13.3. The second-order valence-corrected chi connectivity index (χ2v) is 6.97. The zero-order valence-electron chi connectivity index (χ0n) is 11.7. The van der Waals surface area contributed by atoms with E-state index in [1.165, 1.54) is 37.5 Å².